The van der Waals surface area contributed by atoms with Gasteiger partial charge in [0.2, 0.25) is 5.82 Å². The lowest BCUT2D eigenvalue weighted by molar-refractivity contribution is -0.384. The van der Waals surface area contributed by atoms with Gasteiger partial charge in [-0.05, 0) is 12.1 Å². The maximum absolute atomic E-state index is 10.9. The summed E-state index contributed by atoms with van der Waals surface area (Å²) in [6.45, 7) is 3.14. The van der Waals surface area contributed by atoms with Crippen molar-refractivity contribution < 1.29 is 4.92 Å². The molecule has 1 aliphatic heterocycles. The largest absolute Gasteiger partial charge is 0.368 e. The molecule has 0 spiro atoms. The fraction of sp³-hybridized carbons (Fsp3) is 0.308. The molecule has 20 heavy (non-hydrogen) atoms. The SMILES string of the molecule is O=[N+]([O-])c1cn[nH]c1N1CCN(c2ccccc2)CC1. The van der Waals surface area contributed by atoms with Crippen LogP contribution < -0.4 is 9.80 Å². The van der Waals surface area contributed by atoms with Gasteiger partial charge in [-0.25, -0.2) is 0 Å². The fourth-order valence-electron chi connectivity index (χ4n) is 2.47. The first-order valence-corrected chi connectivity index (χ1v) is 6.48. The van der Waals surface area contributed by atoms with Crippen LogP contribution in [0.2, 0.25) is 0 Å². The van der Waals surface area contributed by atoms with Crippen molar-refractivity contribution in [1.29, 1.82) is 0 Å². The molecule has 0 atom stereocenters. The summed E-state index contributed by atoms with van der Waals surface area (Å²) in [6, 6.07) is 10.2. The zero-order chi connectivity index (χ0) is 13.9. The van der Waals surface area contributed by atoms with Crippen molar-refractivity contribution >= 4 is 17.2 Å². The molecule has 1 aromatic carbocycles. The molecule has 1 saturated heterocycles. The average Bonchev–Trinajstić information content (AvgIpc) is 2.98. The topological polar surface area (TPSA) is 78.3 Å². The van der Waals surface area contributed by atoms with Crippen LogP contribution in [0.25, 0.3) is 0 Å². The summed E-state index contributed by atoms with van der Waals surface area (Å²) < 4.78 is 0. The first-order valence-electron chi connectivity index (χ1n) is 6.48. The van der Waals surface area contributed by atoms with E-state index < -0.39 is 4.92 Å². The highest BCUT2D eigenvalue weighted by Crippen LogP contribution is 2.26. The van der Waals surface area contributed by atoms with Crippen LogP contribution in [0, 0.1) is 10.1 Å². The number of para-hydroxylation sites is 1. The Morgan fingerprint density at radius 3 is 2.40 bits per heavy atom. The van der Waals surface area contributed by atoms with E-state index in [1.54, 1.807) is 0 Å². The summed E-state index contributed by atoms with van der Waals surface area (Å²) >= 11 is 0. The number of nitrogens with zero attached hydrogens (tertiary/aromatic N) is 4. The van der Waals surface area contributed by atoms with Crippen LogP contribution in [-0.2, 0) is 0 Å². The highest BCUT2D eigenvalue weighted by Gasteiger charge is 2.25. The Hall–Kier alpha value is -2.57. The number of H-pyrrole nitrogens is 1. The molecule has 3 rings (SSSR count). The molecule has 1 aromatic heterocycles. The molecule has 0 aliphatic carbocycles. The Bertz CT molecular complexity index is 590. The number of benzene rings is 1. The molecule has 0 amide bonds. The van der Waals surface area contributed by atoms with E-state index in [0.717, 1.165) is 26.2 Å². The second-order valence-electron chi connectivity index (χ2n) is 4.67. The predicted octanol–water partition coefficient (Wildman–Crippen LogP) is 1.64. The lowest BCUT2D eigenvalue weighted by Gasteiger charge is -2.36. The maximum atomic E-state index is 10.9. The third-order valence-electron chi connectivity index (χ3n) is 3.51. The second kappa shape index (κ2) is 5.20. The molecule has 7 heteroatoms. The van der Waals surface area contributed by atoms with Crippen molar-refractivity contribution in [3.8, 4) is 0 Å². The first-order chi connectivity index (χ1) is 9.75. The maximum Gasteiger partial charge on any atom is 0.330 e. The fourth-order valence-corrected chi connectivity index (χ4v) is 2.47. The van der Waals surface area contributed by atoms with Crippen LogP contribution in [-0.4, -0.2) is 41.3 Å². The van der Waals surface area contributed by atoms with E-state index >= 15 is 0 Å². The van der Waals surface area contributed by atoms with Crippen LogP contribution in [0.1, 0.15) is 0 Å². The molecule has 1 N–H and O–H groups in total. The minimum absolute atomic E-state index is 0.0400. The number of hydrogen-bond donors (Lipinski definition) is 1. The van der Waals surface area contributed by atoms with Crippen LogP contribution >= 0.6 is 0 Å². The Balaban J connectivity index is 1.70. The van der Waals surface area contributed by atoms with Gasteiger partial charge in [0.1, 0.15) is 6.20 Å². The molecular formula is C13H15N5O2. The summed E-state index contributed by atoms with van der Waals surface area (Å²) in [7, 11) is 0. The van der Waals surface area contributed by atoms with Crippen molar-refractivity contribution in [3.63, 3.8) is 0 Å². The van der Waals surface area contributed by atoms with Gasteiger partial charge in [0.25, 0.3) is 0 Å². The zero-order valence-corrected chi connectivity index (χ0v) is 10.9. The number of nitrogens with one attached hydrogen (secondary N) is 1. The highest BCUT2D eigenvalue weighted by molar-refractivity contribution is 5.58. The second-order valence-corrected chi connectivity index (χ2v) is 4.67. The summed E-state index contributed by atoms with van der Waals surface area (Å²) in [5.41, 5.74) is 1.23. The van der Waals surface area contributed by atoms with Crippen LogP contribution in [0.15, 0.2) is 36.5 Å². The molecule has 2 heterocycles. The van der Waals surface area contributed by atoms with Crippen molar-refractivity contribution in [1.82, 2.24) is 10.2 Å². The molecule has 0 unspecified atom stereocenters. The van der Waals surface area contributed by atoms with E-state index in [9.17, 15) is 10.1 Å². The van der Waals surface area contributed by atoms with Gasteiger partial charge in [-0.3, -0.25) is 15.2 Å². The number of anilines is 2. The van der Waals surface area contributed by atoms with E-state index in [2.05, 4.69) is 27.2 Å². The molecule has 1 aliphatic rings. The van der Waals surface area contributed by atoms with Crippen molar-refractivity contribution in [2.45, 2.75) is 0 Å². The van der Waals surface area contributed by atoms with E-state index in [4.69, 9.17) is 0 Å². The van der Waals surface area contributed by atoms with Gasteiger partial charge in [-0.2, -0.15) is 5.10 Å². The van der Waals surface area contributed by atoms with Gasteiger partial charge in [-0.15, -0.1) is 0 Å². The summed E-state index contributed by atoms with van der Waals surface area (Å²) in [6.07, 6.45) is 1.26. The van der Waals surface area contributed by atoms with Gasteiger partial charge < -0.3 is 9.80 Å². The molecule has 104 valence electrons. The monoisotopic (exact) mass is 273 g/mol. The number of hydrogen-bond acceptors (Lipinski definition) is 5. The first kappa shape index (κ1) is 12.5. The quantitative estimate of drug-likeness (QED) is 0.679. The minimum atomic E-state index is -0.400. The lowest BCUT2D eigenvalue weighted by atomic mass is 10.2. The van der Waals surface area contributed by atoms with E-state index in [-0.39, 0.29) is 5.69 Å². The number of aromatic amines is 1. The Labute approximate surface area is 116 Å². The summed E-state index contributed by atoms with van der Waals surface area (Å²) in [5.74, 6) is 0.503. The Kier molecular flexibility index (Phi) is 3.24. The number of aromatic nitrogens is 2. The molecule has 0 saturated carbocycles. The Morgan fingerprint density at radius 2 is 1.75 bits per heavy atom. The number of nitro groups is 1. The van der Waals surface area contributed by atoms with Gasteiger partial charge in [-0.1, -0.05) is 18.2 Å². The average molecular weight is 273 g/mol. The summed E-state index contributed by atoms with van der Waals surface area (Å²) in [4.78, 5) is 14.8. The molecule has 0 bridgehead atoms. The van der Waals surface area contributed by atoms with Crippen LogP contribution in [0.3, 0.4) is 0 Å². The van der Waals surface area contributed by atoms with Crippen molar-refractivity contribution in [2.24, 2.45) is 0 Å². The normalized spacial score (nSPS) is 15.4. The molecule has 7 nitrogen and oxygen atoms in total. The third kappa shape index (κ3) is 2.29. The Morgan fingerprint density at radius 1 is 1.10 bits per heavy atom. The van der Waals surface area contributed by atoms with E-state index in [1.807, 2.05) is 23.1 Å². The minimum Gasteiger partial charge on any atom is -0.368 e. The van der Waals surface area contributed by atoms with Gasteiger partial charge in [0, 0.05) is 31.9 Å². The van der Waals surface area contributed by atoms with Gasteiger partial charge in [0.05, 0.1) is 4.92 Å². The number of piperazine rings is 1. The molecule has 1 fully saturated rings. The van der Waals surface area contributed by atoms with Crippen molar-refractivity contribution in [3.05, 3.63) is 46.6 Å². The lowest BCUT2D eigenvalue weighted by Crippen LogP contribution is -2.46. The smallest absolute Gasteiger partial charge is 0.330 e. The molecule has 0 radical (unpaired) electrons. The predicted molar refractivity (Wildman–Crippen MR) is 76.1 cm³/mol. The van der Waals surface area contributed by atoms with Crippen LogP contribution in [0.5, 0.6) is 0 Å². The highest BCUT2D eigenvalue weighted by atomic mass is 16.6. The van der Waals surface area contributed by atoms with Gasteiger partial charge >= 0.3 is 5.69 Å². The third-order valence-corrected chi connectivity index (χ3v) is 3.51. The standard InChI is InChI=1S/C13H15N5O2/c19-18(20)12-10-14-15-13(12)17-8-6-16(7-9-17)11-4-2-1-3-5-11/h1-5,10H,6-9H2,(H,14,15). The molecule has 2 aromatic rings. The zero-order valence-electron chi connectivity index (χ0n) is 10.9. The molecular weight excluding hydrogens is 258 g/mol. The number of rotatable bonds is 3. The van der Waals surface area contributed by atoms with Crippen LogP contribution in [0.4, 0.5) is 17.2 Å². The van der Waals surface area contributed by atoms with Gasteiger partial charge in [0.15, 0.2) is 0 Å². The summed E-state index contributed by atoms with van der Waals surface area (Å²) in [5, 5.41) is 17.4. The van der Waals surface area contributed by atoms with Crippen molar-refractivity contribution in [2.75, 3.05) is 36.0 Å². The van der Waals surface area contributed by atoms with E-state index in [0.29, 0.717) is 5.82 Å². The van der Waals surface area contributed by atoms with E-state index in [1.165, 1.54) is 11.9 Å².